The van der Waals surface area contributed by atoms with E-state index in [0.717, 1.165) is 60.9 Å². The molecule has 0 spiro atoms. The van der Waals surface area contributed by atoms with Crippen molar-refractivity contribution in [1.29, 1.82) is 5.41 Å². The van der Waals surface area contributed by atoms with Crippen molar-refractivity contribution in [3.8, 4) is 45.3 Å². The Kier molecular flexibility index (Phi) is 8.40. The van der Waals surface area contributed by atoms with E-state index in [2.05, 4.69) is 97.1 Å². The standard InChI is InChI=1S/C46H32N4/c47-43(36-18-9-3-10-19-36)31-42(34-16-7-2-8-17-34)40-23-13-22-35-26-29-39(30-41(35)40)46-49-44(37-20-11-4-12-21-37)48-45(50-46)38-27-24-33(25-28-38)32-14-5-1-6-15-32/h1-31,47H/b42-31-,47-43?. The second kappa shape index (κ2) is 13.8. The summed E-state index contributed by atoms with van der Waals surface area (Å²) in [5.41, 5.74) is 9.39. The second-order valence-corrected chi connectivity index (χ2v) is 12.1. The van der Waals surface area contributed by atoms with Crippen LogP contribution in [0.3, 0.4) is 0 Å². The summed E-state index contributed by atoms with van der Waals surface area (Å²) in [4.78, 5) is 15.0. The molecule has 4 nitrogen and oxygen atoms in total. The van der Waals surface area contributed by atoms with Crippen LogP contribution < -0.4 is 0 Å². The van der Waals surface area contributed by atoms with Crippen molar-refractivity contribution in [1.82, 2.24) is 15.0 Å². The molecule has 8 aromatic rings. The molecule has 0 unspecified atom stereocenters. The Labute approximate surface area is 291 Å². The SMILES string of the molecule is N=C(/C=C(/c1ccccc1)c1cccc2ccc(-c3nc(-c4ccccc4)nc(-c4ccc(-c5ccccc5)cc4)n3)cc12)c1ccccc1. The number of nitrogens with one attached hydrogen (secondary N) is 1. The van der Waals surface area contributed by atoms with Gasteiger partial charge in [-0.1, -0.05) is 176 Å². The molecular weight excluding hydrogens is 609 g/mol. The predicted octanol–water partition coefficient (Wildman–Crippen LogP) is 11.2. The number of rotatable bonds is 8. The second-order valence-electron chi connectivity index (χ2n) is 12.1. The summed E-state index contributed by atoms with van der Waals surface area (Å²) >= 11 is 0. The van der Waals surface area contributed by atoms with Crippen molar-refractivity contribution < 1.29 is 0 Å². The van der Waals surface area contributed by atoms with Crippen LogP contribution in [0, 0.1) is 5.41 Å². The highest BCUT2D eigenvalue weighted by molar-refractivity contribution is 6.13. The first-order chi connectivity index (χ1) is 24.7. The Morgan fingerprint density at radius 2 is 0.860 bits per heavy atom. The summed E-state index contributed by atoms with van der Waals surface area (Å²) in [6.07, 6.45) is 1.97. The van der Waals surface area contributed by atoms with E-state index in [9.17, 15) is 0 Å². The highest BCUT2D eigenvalue weighted by Crippen LogP contribution is 2.34. The monoisotopic (exact) mass is 640 g/mol. The fourth-order valence-corrected chi connectivity index (χ4v) is 6.22. The average molecular weight is 641 g/mol. The molecule has 1 aromatic heterocycles. The van der Waals surface area contributed by atoms with E-state index in [1.54, 1.807) is 0 Å². The summed E-state index contributed by atoms with van der Waals surface area (Å²) in [7, 11) is 0. The first-order valence-electron chi connectivity index (χ1n) is 16.6. The third kappa shape index (κ3) is 6.38. The van der Waals surface area contributed by atoms with Gasteiger partial charge in [0.1, 0.15) is 0 Å². The number of hydrogen-bond donors (Lipinski definition) is 1. The van der Waals surface area contributed by atoms with Crippen LogP contribution in [0.5, 0.6) is 0 Å². The minimum Gasteiger partial charge on any atom is -0.300 e. The van der Waals surface area contributed by atoms with Crippen molar-refractivity contribution in [2.45, 2.75) is 0 Å². The minimum atomic E-state index is 0.450. The molecule has 0 saturated heterocycles. The van der Waals surface area contributed by atoms with E-state index >= 15 is 0 Å². The molecule has 4 heteroatoms. The van der Waals surface area contributed by atoms with E-state index in [1.165, 1.54) is 0 Å². The molecule has 0 bridgehead atoms. The van der Waals surface area contributed by atoms with Crippen LogP contribution in [0.15, 0.2) is 188 Å². The highest BCUT2D eigenvalue weighted by Gasteiger charge is 2.16. The van der Waals surface area contributed by atoms with Gasteiger partial charge < -0.3 is 5.41 Å². The molecular formula is C46H32N4. The Bertz CT molecular complexity index is 2460. The lowest BCUT2D eigenvalue weighted by Gasteiger charge is -2.14. The molecule has 0 fully saturated rings. The summed E-state index contributed by atoms with van der Waals surface area (Å²) in [6, 6.07) is 61.6. The van der Waals surface area contributed by atoms with Gasteiger partial charge in [-0.2, -0.15) is 0 Å². The molecule has 0 aliphatic heterocycles. The summed E-state index contributed by atoms with van der Waals surface area (Å²) in [5, 5.41) is 11.2. The lowest BCUT2D eigenvalue weighted by Crippen LogP contribution is -2.01. The van der Waals surface area contributed by atoms with Gasteiger partial charge in [0.2, 0.25) is 0 Å². The number of fused-ring (bicyclic) bond motifs is 1. The molecule has 1 heterocycles. The molecule has 236 valence electrons. The van der Waals surface area contributed by atoms with Gasteiger partial charge in [-0.05, 0) is 56.3 Å². The van der Waals surface area contributed by atoms with Crippen molar-refractivity contribution in [2.75, 3.05) is 0 Å². The fourth-order valence-electron chi connectivity index (χ4n) is 6.22. The Hall–Kier alpha value is -6.78. The zero-order chi connectivity index (χ0) is 33.7. The van der Waals surface area contributed by atoms with Crippen LogP contribution in [0.1, 0.15) is 16.7 Å². The largest absolute Gasteiger partial charge is 0.300 e. The van der Waals surface area contributed by atoms with Gasteiger partial charge in [0.15, 0.2) is 17.5 Å². The summed E-state index contributed by atoms with van der Waals surface area (Å²) in [6.45, 7) is 0. The van der Waals surface area contributed by atoms with Crippen LogP contribution in [0.4, 0.5) is 0 Å². The first kappa shape index (κ1) is 30.5. The quantitative estimate of drug-likeness (QED) is 0.168. The minimum absolute atomic E-state index is 0.450. The Morgan fingerprint density at radius 3 is 1.48 bits per heavy atom. The van der Waals surface area contributed by atoms with Gasteiger partial charge in [0, 0.05) is 16.7 Å². The smallest absolute Gasteiger partial charge is 0.164 e. The lowest BCUT2D eigenvalue weighted by molar-refractivity contribution is 1.07. The van der Waals surface area contributed by atoms with Gasteiger partial charge in [0.05, 0.1) is 5.71 Å². The molecule has 0 radical (unpaired) electrons. The van der Waals surface area contributed by atoms with Crippen molar-refractivity contribution in [2.24, 2.45) is 0 Å². The molecule has 0 atom stereocenters. The zero-order valence-corrected chi connectivity index (χ0v) is 27.2. The Balaban J connectivity index is 1.27. The lowest BCUT2D eigenvalue weighted by atomic mass is 9.90. The number of nitrogens with zero attached hydrogens (tertiary/aromatic N) is 3. The molecule has 7 aromatic carbocycles. The Morgan fingerprint density at radius 1 is 0.400 bits per heavy atom. The van der Waals surface area contributed by atoms with E-state index in [0.29, 0.717) is 23.2 Å². The zero-order valence-electron chi connectivity index (χ0n) is 27.2. The van der Waals surface area contributed by atoms with Crippen LogP contribution in [0.25, 0.3) is 61.6 Å². The maximum atomic E-state index is 9.01. The molecule has 1 N–H and O–H groups in total. The van der Waals surface area contributed by atoms with Gasteiger partial charge in [-0.3, -0.25) is 0 Å². The maximum absolute atomic E-state index is 9.01. The molecule has 0 aliphatic carbocycles. The van der Waals surface area contributed by atoms with Crippen molar-refractivity contribution in [3.63, 3.8) is 0 Å². The van der Waals surface area contributed by atoms with Gasteiger partial charge in [-0.25, -0.2) is 15.0 Å². The number of allylic oxidation sites excluding steroid dienone is 1. The highest BCUT2D eigenvalue weighted by atomic mass is 15.0. The van der Waals surface area contributed by atoms with E-state index in [4.69, 9.17) is 20.4 Å². The topological polar surface area (TPSA) is 62.5 Å². The van der Waals surface area contributed by atoms with Crippen LogP contribution >= 0.6 is 0 Å². The van der Waals surface area contributed by atoms with Crippen LogP contribution in [-0.4, -0.2) is 20.7 Å². The molecule has 0 amide bonds. The van der Waals surface area contributed by atoms with Gasteiger partial charge in [-0.15, -0.1) is 0 Å². The summed E-state index contributed by atoms with van der Waals surface area (Å²) < 4.78 is 0. The molecule has 0 aliphatic rings. The predicted molar refractivity (Wildman–Crippen MR) is 206 cm³/mol. The number of benzene rings is 7. The van der Waals surface area contributed by atoms with Crippen molar-refractivity contribution in [3.05, 3.63) is 205 Å². The third-order valence-corrected chi connectivity index (χ3v) is 8.81. The fraction of sp³-hybridized carbons (Fsp3) is 0. The van der Waals surface area contributed by atoms with E-state index < -0.39 is 0 Å². The maximum Gasteiger partial charge on any atom is 0.164 e. The van der Waals surface area contributed by atoms with Gasteiger partial charge >= 0.3 is 0 Å². The number of aromatic nitrogens is 3. The van der Waals surface area contributed by atoms with Crippen LogP contribution in [-0.2, 0) is 0 Å². The van der Waals surface area contributed by atoms with Crippen LogP contribution in [0.2, 0.25) is 0 Å². The first-order valence-corrected chi connectivity index (χ1v) is 16.6. The van der Waals surface area contributed by atoms with Gasteiger partial charge in [0.25, 0.3) is 0 Å². The third-order valence-electron chi connectivity index (χ3n) is 8.81. The summed E-state index contributed by atoms with van der Waals surface area (Å²) in [5.74, 6) is 1.83. The van der Waals surface area contributed by atoms with E-state index in [1.807, 2.05) is 91.0 Å². The number of hydrogen-bond acceptors (Lipinski definition) is 4. The average Bonchev–Trinajstić information content (AvgIpc) is 3.20. The normalized spacial score (nSPS) is 11.4. The van der Waals surface area contributed by atoms with E-state index in [-0.39, 0.29) is 0 Å². The van der Waals surface area contributed by atoms with Crippen molar-refractivity contribution >= 4 is 22.1 Å². The molecule has 0 saturated carbocycles. The molecule has 50 heavy (non-hydrogen) atoms. The molecule has 8 rings (SSSR count).